The van der Waals surface area contributed by atoms with Gasteiger partial charge in [0.1, 0.15) is 11.4 Å². The first-order valence-corrected chi connectivity index (χ1v) is 8.38. The molecule has 6 heteroatoms. The minimum Gasteiger partial charge on any atom is -0.462 e. The molecule has 4 aromatic rings. The van der Waals surface area contributed by atoms with Gasteiger partial charge < -0.3 is 15.8 Å². The molecule has 0 spiro atoms. The Morgan fingerprint density at radius 3 is 2.54 bits per heavy atom. The van der Waals surface area contributed by atoms with E-state index in [0.717, 1.165) is 22.0 Å². The minimum atomic E-state index is -0.448. The SMILES string of the molecule is CCOC(=O)c1c(N)n2nc(Nc3ccccc3)cc2c2ccccc12. The van der Waals surface area contributed by atoms with E-state index in [1.165, 1.54) is 0 Å². The van der Waals surface area contributed by atoms with Crippen molar-refractivity contribution in [3.63, 3.8) is 0 Å². The number of benzene rings is 2. The number of carbonyl (C=O) groups excluding carboxylic acids is 1. The van der Waals surface area contributed by atoms with Crippen LogP contribution in [0.1, 0.15) is 17.3 Å². The minimum absolute atomic E-state index is 0.262. The van der Waals surface area contributed by atoms with Crippen LogP contribution in [0.2, 0.25) is 0 Å². The van der Waals surface area contributed by atoms with Crippen molar-refractivity contribution in [2.45, 2.75) is 6.92 Å². The Hall–Kier alpha value is -3.54. The van der Waals surface area contributed by atoms with Gasteiger partial charge in [-0.1, -0.05) is 42.5 Å². The second kappa shape index (κ2) is 6.40. The largest absolute Gasteiger partial charge is 0.462 e. The number of aromatic nitrogens is 2. The highest BCUT2D eigenvalue weighted by atomic mass is 16.5. The van der Waals surface area contributed by atoms with Gasteiger partial charge >= 0.3 is 5.97 Å². The Kier molecular flexibility index (Phi) is 3.93. The molecule has 3 N–H and O–H groups in total. The first-order valence-electron chi connectivity index (χ1n) is 8.38. The average Bonchev–Trinajstić information content (AvgIpc) is 3.07. The summed E-state index contributed by atoms with van der Waals surface area (Å²) in [4.78, 5) is 12.5. The van der Waals surface area contributed by atoms with Crippen molar-refractivity contribution >= 4 is 39.6 Å². The molecule has 130 valence electrons. The number of nitrogen functional groups attached to an aromatic ring is 1. The number of rotatable bonds is 4. The molecule has 0 unspecified atom stereocenters. The summed E-state index contributed by atoms with van der Waals surface area (Å²) < 4.78 is 6.78. The van der Waals surface area contributed by atoms with Crippen LogP contribution in [0.15, 0.2) is 60.7 Å². The van der Waals surface area contributed by atoms with Crippen molar-refractivity contribution in [1.29, 1.82) is 0 Å². The molecular formula is C20H18N4O2. The highest BCUT2D eigenvalue weighted by molar-refractivity contribution is 6.12. The van der Waals surface area contributed by atoms with E-state index < -0.39 is 5.97 Å². The highest BCUT2D eigenvalue weighted by Crippen LogP contribution is 2.31. The third-order valence-corrected chi connectivity index (χ3v) is 4.19. The zero-order valence-electron chi connectivity index (χ0n) is 14.3. The summed E-state index contributed by atoms with van der Waals surface area (Å²) >= 11 is 0. The maximum atomic E-state index is 12.5. The van der Waals surface area contributed by atoms with E-state index in [9.17, 15) is 4.79 Å². The van der Waals surface area contributed by atoms with Gasteiger partial charge in [0.2, 0.25) is 0 Å². The van der Waals surface area contributed by atoms with Crippen LogP contribution >= 0.6 is 0 Å². The number of nitrogens with one attached hydrogen (secondary N) is 1. The molecule has 2 aromatic carbocycles. The highest BCUT2D eigenvalue weighted by Gasteiger charge is 2.20. The van der Waals surface area contributed by atoms with Crippen molar-refractivity contribution in [1.82, 2.24) is 9.61 Å². The molecule has 0 fully saturated rings. The molecule has 0 radical (unpaired) electrons. The fraction of sp³-hybridized carbons (Fsp3) is 0.100. The molecule has 2 heterocycles. The third kappa shape index (κ3) is 2.61. The van der Waals surface area contributed by atoms with E-state index in [0.29, 0.717) is 11.4 Å². The quantitative estimate of drug-likeness (QED) is 0.546. The molecule has 0 aliphatic carbocycles. The maximum Gasteiger partial charge on any atom is 0.342 e. The molecule has 0 atom stereocenters. The number of nitrogens with two attached hydrogens (primary N) is 1. The number of fused-ring (bicyclic) bond motifs is 3. The third-order valence-electron chi connectivity index (χ3n) is 4.19. The topological polar surface area (TPSA) is 81.7 Å². The number of nitrogens with zero attached hydrogens (tertiary/aromatic N) is 2. The van der Waals surface area contributed by atoms with E-state index >= 15 is 0 Å². The zero-order chi connectivity index (χ0) is 18.1. The van der Waals surface area contributed by atoms with Crippen molar-refractivity contribution in [3.05, 3.63) is 66.2 Å². The van der Waals surface area contributed by atoms with E-state index in [-0.39, 0.29) is 12.4 Å². The van der Waals surface area contributed by atoms with Gasteiger partial charge in [-0.05, 0) is 19.1 Å². The lowest BCUT2D eigenvalue weighted by Gasteiger charge is -2.11. The van der Waals surface area contributed by atoms with Crippen LogP contribution in [0.3, 0.4) is 0 Å². The number of carbonyl (C=O) groups is 1. The maximum absolute atomic E-state index is 12.5. The van der Waals surface area contributed by atoms with Crippen LogP contribution in [0.5, 0.6) is 0 Å². The van der Waals surface area contributed by atoms with Gasteiger partial charge in [-0.3, -0.25) is 0 Å². The average molecular weight is 346 g/mol. The fourth-order valence-corrected chi connectivity index (χ4v) is 3.07. The Labute approximate surface area is 150 Å². The predicted octanol–water partition coefficient (Wildman–Crippen LogP) is 3.99. The van der Waals surface area contributed by atoms with E-state index in [1.54, 1.807) is 11.4 Å². The first kappa shape index (κ1) is 16.0. The van der Waals surface area contributed by atoms with Crippen molar-refractivity contribution in [2.24, 2.45) is 0 Å². The van der Waals surface area contributed by atoms with E-state index in [1.807, 2.05) is 60.7 Å². The number of hydrogen-bond acceptors (Lipinski definition) is 5. The second-order valence-electron chi connectivity index (χ2n) is 5.84. The van der Waals surface area contributed by atoms with Gasteiger partial charge in [0, 0.05) is 22.5 Å². The van der Waals surface area contributed by atoms with Crippen LogP contribution < -0.4 is 11.1 Å². The van der Waals surface area contributed by atoms with E-state index in [2.05, 4.69) is 10.4 Å². The van der Waals surface area contributed by atoms with Gasteiger partial charge in [0.25, 0.3) is 0 Å². The summed E-state index contributed by atoms with van der Waals surface area (Å²) in [6, 6.07) is 19.3. The lowest BCUT2D eigenvalue weighted by Crippen LogP contribution is -2.13. The van der Waals surface area contributed by atoms with Gasteiger partial charge in [-0.15, -0.1) is 5.10 Å². The van der Waals surface area contributed by atoms with Crippen molar-refractivity contribution < 1.29 is 9.53 Å². The molecular weight excluding hydrogens is 328 g/mol. The molecule has 0 saturated carbocycles. The number of anilines is 3. The summed E-state index contributed by atoms with van der Waals surface area (Å²) in [6.45, 7) is 2.05. The Morgan fingerprint density at radius 2 is 1.81 bits per heavy atom. The molecule has 0 aliphatic heterocycles. The number of pyridine rings is 1. The monoisotopic (exact) mass is 346 g/mol. The van der Waals surface area contributed by atoms with Crippen LogP contribution in [-0.4, -0.2) is 22.2 Å². The van der Waals surface area contributed by atoms with Crippen LogP contribution in [-0.2, 0) is 4.74 Å². The summed E-state index contributed by atoms with van der Waals surface area (Å²) in [7, 11) is 0. The number of para-hydroxylation sites is 1. The Morgan fingerprint density at radius 1 is 1.12 bits per heavy atom. The van der Waals surface area contributed by atoms with Crippen molar-refractivity contribution in [2.75, 3.05) is 17.7 Å². The molecule has 2 aromatic heterocycles. The molecule has 0 saturated heterocycles. The van der Waals surface area contributed by atoms with Gasteiger partial charge in [0.05, 0.1) is 12.1 Å². The second-order valence-corrected chi connectivity index (χ2v) is 5.84. The van der Waals surface area contributed by atoms with Crippen LogP contribution in [0.25, 0.3) is 16.3 Å². The molecule has 4 rings (SSSR count). The standard InChI is InChI=1S/C20H18N4O2/c1-2-26-20(25)18-15-11-7-6-10-14(15)16-12-17(23-24(16)19(18)21)22-13-8-4-3-5-9-13/h3-12H,2,21H2,1H3,(H,22,23). The van der Waals surface area contributed by atoms with Crippen molar-refractivity contribution in [3.8, 4) is 0 Å². The molecule has 0 bridgehead atoms. The summed E-state index contributed by atoms with van der Waals surface area (Å²) in [6.07, 6.45) is 0. The number of esters is 1. The summed E-state index contributed by atoms with van der Waals surface area (Å²) in [5.41, 5.74) is 8.38. The molecule has 0 amide bonds. The number of ether oxygens (including phenoxy) is 1. The molecule has 0 aliphatic rings. The molecule has 6 nitrogen and oxygen atoms in total. The van der Waals surface area contributed by atoms with Crippen LogP contribution in [0.4, 0.5) is 17.3 Å². The Bertz CT molecular complexity index is 1100. The van der Waals surface area contributed by atoms with Gasteiger partial charge in [-0.2, -0.15) is 0 Å². The lowest BCUT2D eigenvalue weighted by molar-refractivity contribution is 0.0529. The smallest absolute Gasteiger partial charge is 0.342 e. The normalized spacial score (nSPS) is 11.0. The van der Waals surface area contributed by atoms with Gasteiger partial charge in [-0.25, -0.2) is 9.31 Å². The first-order chi connectivity index (χ1) is 12.7. The fourth-order valence-electron chi connectivity index (χ4n) is 3.07. The number of hydrogen-bond donors (Lipinski definition) is 2. The zero-order valence-corrected chi connectivity index (χ0v) is 14.3. The lowest BCUT2D eigenvalue weighted by atomic mass is 10.1. The summed E-state index contributed by atoms with van der Waals surface area (Å²) in [5.74, 6) is 0.462. The summed E-state index contributed by atoms with van der Waals surface area (Å²) in [5, 5.41) is 9.43. The van der Waals surface area contributed by atoms with Crippen LogP contribution in [0, 0.1) is 0 Å². The predicted molar refractivity (Wildman–Crippen MR) is 103 cm³/mol. The molecule has 26 heavy (non-hydrogen) atoms. The Balaban J connectivity index is 1.93. The van der Waals surface area contributed by atoms with Gasteiger partial charge in [0.15, 0.2) is 5.82 Å². The van der Waals surface area contributed by atoms with E-state index in [4.69, 9.17) is 10.5 Å².